The quantitative estimate of drug-likeness (QED) is 0.324. The second-order valence-corrected chi connectivity index (χ2v) is 4.12. The molecule has 17 heavy (non-hydrogen) atoms. The fourth-order valence-corrected chi connectivity index (χ4v) is 2.28. The van der Waals surface area contributed by atoms with Crippen LogP contribution in [0.3, 0.4) is 0 Å². The molecule has 0 aromatic rings. The number of allylic oxidation sites excluding steroid dienone is 1. The molecular formula is C10H12BN3O3. The first kappa shape index (κ1) is 11.7. The van der Waals surface area contributed by atoms with Crippen molar-refractivity contribution < 1.29 is 14.4 Å². The molecule has 2 radical (unpaired) electrons. The van der Waals surface area contributed by atoms with Crippen LogP contribution in [0.4, 0.5) is 4.79 Å². The Morgan fingerprint density at radius 2 is 2.35 bits per heavy atom. The Labute approximate surface area is 99.6 Å². The Balaban J connectivity index is 2.11. The molecule has 6 nitrogen and oxygen atoms in total. The van der Waals surface area contributed by atoms with Crippen LogP contribution in [-0.4, -0.2) is 37.7 Å². The summed E-state index contributed by atoms with van der Waals surface area (Å²) in [5.74, 6) is -0.892. The van der Waals surface area contributed by atoms with Crippen molar-refractivity contribution in [1.29, 1.82) is 0 Å². The molecule has 1 spiro atoms. The molecule has 1 heterocycles. The minimum atomic E-state index is -1.07. The van der Waals surface area contributed by atoms with Crippen LogP contribution in [0.2, 0.25) is 0 Å². The lowest BCUT2D eigenvalue weighted by Crippen LogP contribution is -2.50. The molecule has 1 aliphatic heterocycles. The van der Waals surface area contributed by atoms with Crippen LogP contribution in [0, 0.1) is 5.92 Å². The summed E-state index contributed by atoms with van der Waals surface area (Å²) >= 11 is 0. The normalized spacial score (nSPS) is 30.5. The van der Waals surface area contributed by atoms with Gasteiger partial charge in [-0.25, -0.2) is 4.79 Å². The lowest BCUT2D eigenvalue weighted by Gasteiger charge is -2.26. The molecule has 1 saturated heterocycles. The standard InChI is InChI=1S/C10H12BN3O3/c11-5-12-7(15)4-6-2-1-3-10(6)8(16)13-9(17)14-10/h1,3,6H,2,4-5H2,(H,12,15)(H2,13,14,16,17). The minimum Gasteiger partial charge on any atom is -0.365 e. The lowest BCUT2D eigenvalue weighted by atomic mass is 9.84. The fourth-order valence-electron chi connectivity index (χ4n) is 2.28. The average molecular weight is 233 g/mol. The predicted octanol–water partition coefficient (Wildman–Crippen LogP) is -1.23. The van der Waals surface area contributed by atoms with Gasteiger partial charge in [0.1, 0.15) is 5.54 Å². The number of urea groups is 1. The molecule has 2 atom stereocenters. The lowest BCUT2D eigenvalue weighted by molar-refractivity contribution is -0.125. The van der Waals surface area contributed by atoms with Gasteiger partial charge in [-0.15, -0.1) is 0 Å². The summed E-state index contributed by atoms with van der Waals surface area (Å²) in [6.07, 6.45) is 4.23. The first-order valence-corrected chi connectivity index (χ1v) is 5.36. The largest absolute Gasteiger partial charge is 0.365 e. The van der Waals surface area contributed by atoms with Crippen LogP contribution in [0.25, 0.3) is 0 Å². The molecule has 2 rings (SSSR count). The van der Waals surface area contributed by atoms with Crippen molar-refractivity contribution in [2.45, 2.75) is 18.4 Å². The number of nitrogens with one attached hydrogen (secondary N) is 3. The Kier molecular flexibility index (Phi) is 2.91. The van der Waals surface area contributed by atoms with Crippen molar-refractivity contribution in [3.8, 4) is 0 Å². The SMILES string of the molecule is [B]CNC(=O)CC1CC=CC12NC(=O)NC2=O. The molecular weight excluding hydrogens is 221 g/mol. The zero-order valence-corrected chi connectivity index (χ0v) is 9.16. The summed E-state index contributed by atoms with van der Waals surface area (Å²) in [4.78, 5) is 34.4. The van der Waals surface area contributed by atoms with E-state index in [0.29, 0.717) is 6.42 Å². The molecule has 0 aromatic carbocycles. The van der Waals surface area contributed by atoms with Gasteiger partial charge in [-0.2, -0.15) is 0 Å². The third-order valence-electron chi connectivity index (χ3n) is 3.10. The fraction of sp³-hybridized carbons (Fsp3) is 0.500. The topological polar surface area (TPSA) is 87.3 Å². The van der Waals surface area contributed by atoms with E-state index in [2.05, 4.69) is 16.0 Å². The Morgan fingerprint density at radius 3 is 2.94 bits per heavy atom. The number of hydrogen-bond acceptors (Lipinski definition) is 3. The second-order valence-electron chi connectivity index (χ2n) is 4.12. The smallest absolute Gasteiger partial charge is 0.322 e. The van der Waals surface area contributed by atoms with Crippen molar-refractivity contribution in [2.75, 3.05) is 6.44 Å². The molecule has 1 fully saturated rings. The van der Waals surface area contributed by atoms with Gasteiger partial charge in [0.15, 0.2) is 0 Å². The molecule has 0 bridgehead atoms. The molecule has 88 valence electrons. The van der Waals surface area contributed by atoms with E-state index in [4.69, 9.17) is 7.85 Å². The van der Waals surface area contributed by atoms with E-state index in [9.17, 15) is 14.4 Å². The van der Waals surface area contributed by atoms with E-state index in [-0.39, 0.29) is 24.7 Å². The van der Waals surface area contributed by atoms with Gasteiger partial charge in [0.2, 0.25) is 5.91 Å². The number of rotatable bonds is 3. The number of imide groups is 1. The third-order valence-corrected chi connectivity index (χ3v) is 3.10. The number of hydrogen-bond donors (Lipinski definition) is 3. The average Bonchev–Trinajstić information content (AvgIpc) is 2.74. The molecule has 2 unspecified atom stereocenters. The van der Waals surface area contributed by atoms with E-state index in [1.165, 1.54) is 0 Å². The summed E-state index contributed by atoms with van der Waals surface area (Å²) < 4.78 is 0. The van der Waals surface area contributed by atoms with Gasteiger partial charge in [0.05, 0.1) is 7.85 Å². The number of carbonyl (C=O) groups is 3. The molecule has 0 aromatic heterocycles. The van der Waals surface area contributed by atoms with E-state index in [1.54, 1.807) is 12.2 Å². The van der Waals surface area contributed by atoms with Crippen molar-refractivity contribution in [3.05, 3.63) is 12.2 Å². The van der Waals surface area contributed by atoms with E-state index in [1.807, 2.05) is 0 Å². The zero-order chi connectivity index (χ0) is 12.5. The highest BCUT2D eigenvalue weighted by molar-refractivity contribution is 6.10. The summed E-state index contributed by atoms with van der Waals surface area (Å²) in [7, 11) is 5.20. The highest BCUT2D eigenvalue weighted by atomic mass is 16.2. The van der Waals surface area contributed by atoms with Crippen LogP contribution >= 0.6 is 0 Å². The molecule has 1 aliphatic carbocycles. The van der Waals surface area contributed by atoms with E-state index >= 15 is 0 Å². The van der Waals surface area contributed by atoms with E-state index < -0.39 is 17.5 Å². The number of amides is 4. The van der Waals surface area contributed by atoms with Crippen LogP contribution in [0.1, 0.15) is 12.8 Å². The van der Waals surface area contributed by atoms with Crippen LogP contribution in [0.15, 0.2) is 12.2 Å². The maximum Gasteiger partial charge on any atom is 0.322 e. The van der Waals surface area contributed by atoms with E-state index in [0.717, 1.165) is 0 Å². The van der Waals surface area contributed by atoms with Gasteiger partial charge >= 0.3 is 6.03 Å². The van der Waals surface area contributed by atoms with Crippen LogP contribution < -0.4 is 16.0 Å². The second kappa shape index (κ2) is 4.23. The van der Waals surface area contributed by atoms with Gasteiger partial charge in [-0.1, -0.05) is 12.2 Å². The zero-order valence-electron chi connectivity index (χ0n) is 9.16. The van der Waals surface area contributed by atoms with Gasteiger partial charge in [-0.05, 0) is 12.9 Å². The minimum absolute atomic E-state index is 0.0601. The van der Waals surface area contributed by atoms with Gasteiger partial charge < -0.3 is 10.6 Å². The van der Waals surface area contributed by atoms with Crippen LogP contribution in [-0.2, 0) is 9.59 Å². The monoisotopic (exact) mass is 233 g/mol. The van der Waals surface area contributed by atoms with Gasteiger partial charge in [0.25, 0.3) is 5.91 Å². The Hall–Kier alpha value is -1.79. The molecule has 4 amide bonds. The predicted molar refractivity (Wildman–Crippen MR) is 60.0 cm³/mol. The maximum absolute atomic E-state index is 11.8. The van der Waals surface area contributed by atoms with Crippen molar-refractivity contribution >= 4 is 25.7 Å². The summed E-state index contributed by atoms with van der Waals surface area (Å²) in [6, 6.07) is -0.522. The van der Waals surface area contributed by atoms with Crippen molar-refractivity contribution in [2.24, 2.45) is 5.92 Å². The summed E-state index contributed by atoms with van der Waals surface area (Å²) in [5, 5.41) is 7.24. The third kappa shape index (κ3) is 1.92. The molecule has 0 saturated carbocycles. The Bertz CT molecular complexity index is 410. The molecule has 7 heteroatoms. The maximum atomic E-state index is 11.8. The number of carbonyl (C=O) groups excluding carboxylic acids is 3. The first-order chi connectivity index (χ1) is 8.08. The highest BCUT2D eigenvalue weighted by Gasteiger charge is 2.52. The van der Waals surface area contributed by atoms with Gasteiger partial charge in [-0.3, -0.25) is 14.9 Å². The first-order valence-electron chi connectivity index (χ1n) is 5.36. The molecule has 3 N–H and O–H groups in total. The summed E-state index contributed by atoms with van der Waals surface area (Å²) in [5.41, 5.74) is -1.07. The van der Waals surface area contributed by atoms with Crippen molar-refractivity contribution in [3.63, 3.8) is 0 Å². The molecule has 2 aliphatic rings. The summed E-state index contributed by atoms with van der Waals surface area (Å²) in [6.45, 7) is 0. The van der Waals surface area contributed by atoms with Crippen molar-refractivity contribution in [1.82, 2.24) is 16.0 Å². The Morgan fingerprint density at radius 1 is 1.59 bits per heavy atom. The van der Waals surface area contributed by atoms with Crippen LogP contribution in [0.5, 0.6) is 0 Å². The highest BCUT2D eigenvalue weighted by Crippen LogP contribution is 2.34. The van der Waals surface area contributed by atoms with Gasteiger partial charge in [0, 0.05) is 12.3 Å².